The van der Waals surface area contributed by atoms with Crippen LogP contribution in [0.5, 0.6) is 0 Å². The Bertz CT molecular complexity index is 552. The van der Waals surface area contributed by atoms with E-state index < -0.39 is 6.03 Å². The fraction of sp³-hybridized carbons (Fsp3) is 0.111. The summed E-state index contributed by atoms with van der Waals surface area (Å²) in [7, 11) is 1.86. The quantitative estimate of drug-likeness (QED) is 0.693. The summed E-state index contributed by atoms with van der Waals surface area (Å²) in [6.07, 6.45) is 0. The van der Waals surface area contributed by atoms with Crippen molar-refractivity contribution in [3.63, 3.8) is 0 Å². The molecule has 5 heteroatoms. The Morgan fingerprint density at radius 2 is 2.21 bits per heavy atom. The van der Waals surface area contributed by atoms with Crippen LogP contribution in [0.25, 0.3) is 10.2 Å². The minimum absolute atomic E-state index is 0.624. The number of carbonyl (C=O) groups is 1. The molecule has 0 aliphatic heterocycles. The standard InChI is InChI=1S/C9H9N3OS/c1-12-6-4-2-3-5-7(6)14-9(12)11-8(10)13/h2-5H,1H3,(H2,10,13)/b11-9-. The first-order chi connectivity index (χ1) is 6.68. The predicted octanol–water partition coefficient (Wildman–Crippen LogP) is 1.22. The Morgan fingerprint density at radius 3 is 2.86 bits per heavy atom. The van der Waals surface area contributed by atoms with E-state index in [0.717, 1.165) is 10.2 Å². The van der Waals surface area contributed by atoms with Gasteiger partial charge in [0.1, 0.15) is 0 Å². The number of benzene rings is 1. The summed E-state index contributed by atoms with van der Waals surface area (Å²) in [6.45, 7) is 0. The first-order valence-electron chi connectivity index (χ1n) is 4.07. The summed E-state index contributed by atoms with van der Waals surface area (Å²) in [5.74, 6) is 0. The molecule has 0 fully saturated rings. The predicted molar refractivity (Wildman–Crippen MR) is 55.9 cm³/mol. The molecule has 2 N–H and O–H groups in total. The lowest BCUT2D eigenvalue weighted by Crippen LogP contribution is -2.16. The van der Waals surface area contributed by atoms with Crippen molar-refractivity contribution >= 4 is 27.6 Å². The van der Waals surface area contributed by atoms with Crippen molar-refractivity contribution in [2.45, 2.75) is 0 Å². The molecule has 0 atom stereocenters. The average Bonchev–Trinajstić information content (AvgIpc) is 2.44. The number of fused-ring (bicyclic) bond motifs is 1. The number of hydrogen-bond donors (Lipinski definition) is 1. The van der Waals surface area contributed by atoms with Crippen LogP contribution in [-0.4, -0.2) is 10.6 Å². The second kappa shape index (κ2) is 3.26. The van der Waals surface area contributed by atoms with Crippen LogP contribution in [0.2, 0.25) is 0 Å². The van der Waals surface area contributed by atoms with Crippen molar-refractivity contribution in [1.29, 1.82) is 0 Å². The molecule has 1 aromatic carbocycles. The van der Waals surface area contributed by atoms with E-state index in [4.69, 9.17) is 5.73 Å². The second-order valence-electron chi connectivity index (χ2n) is 2.86. The van der Waals surface area contributed by atoms with Crippen molar-refractivity contribution in [2.75, 3.05) is 0 Å². The molecular formula is C9H9N3OS. The molecule has 0 saturated carbocycles. The number of amides is 2. The number of aryl methyl sites for hydroxylation is 1. The Morgan fingerprint density at radius 1 is 1.50 bits per heavy atom. The molecule has 0 bridgehead atoms. The Hall–Kier alpha value is -1.62. The van der Waals surface area contributed by atoms with Crippen LogP contribution < -0.4 is 10.5 Å². The highest BCUT2D eigenvalue weighted by molar-refractivity contribution is 7.16. The van der Waals surface area contributed by atoms with Gasteiger partial charge in [-0.25, -0.2) is 4.79 Å². The third kappa shape index (κ3) is 1.42. The van der Waals surface area contributed by atoms with Crippen LogP contribution in [0.3, 0.4) is 0 Å². The first kappa shape index (κ1) is 8.96. The number of para-hydroxylation sites is 1. The molecule has 2 aromatic rings. The topological polar surface area (TPSA) is 60.4 Å². The largest absolute Gasteiger partial charge is 0.350 e. The summed E-state index contributed by atoms with van der Waals surface area (Å²) in [4.78, 5) is 15.0. The maximum atomic E-state index is 10.6. The molecule has 0 aliphatic rings. The molecule has 0 unspecified atom stereocenters. The highest BCUT2D eigenvalue weighted by Crippen LogP contribution is 2.14. The molecule has 1 aromatic heterocycles. The zero-order chi connectivity index (χ0) is 10.1. The van der Waals surface area contributed by atoms with Crippen molar-refractivity contribution in [2.24, 2.45) is 17.8 Å². The van der Waals surface area contributed by atoms with Crippen LogP contribution in [-0.2, 0) is 7.05 Å². The van der Waals surface area contributed by atoms with E-state index in [9.17, 15) is 4.79 Å². The molecule has 72 valence electrons. The Labute approximate surface area is 84.3 Å². The van der Waals surface area contributed by atoms with Gasteiger partial charge in [-0.15, -0.1) is 0 Å². The fourth-order valence-corrected chi connectivity index (χ4v) is 2.31. The van der Waals surface area contributed by atoms with E-state index in [2.05, 4.69) is 4.99 Å². The molecule has 1 heterocycles. The number of aromatic nitrogens is 1. The third-order valence-electron chi connectivity index (χ3n) is 1.92. The number of rotatable bonds is 0. The number of primary amides is 1. The van der Waals surface area contributed by atoms with E-state index in [-0.39, 0.29) is 0 Å². The highest BCUT2D eigenvalue weighted by atomic mass is 32.1. The highest BCUT2D eigenvalue weighted by Gasteiger charge is 2.01. The van der Waals surface area contributed by atoms with Crippen molar-refractivity contribution < 1.29 is 4.79 Å². The smallest absolute Gasteiger partial charge is 0.341 e. The molecule has 0 aliphatic carbocycles. The molecule has 0 radical (unpaired) electrons. The number of urea groups is 1. The molecule has 4 nitrogen and oxygen atoms in total. The van der Waals surface area contributed by atoms with E-state index in [0.29, 0.717) is 4.80 Å². The first-order valence-corrected chi connectivity index (χ1v) is 4.89. The molecule has 0 spiro atoms. The molecule has 0 saturated heterocycles. The van der Waals surface area contributed by atoms with Crippen LogP contribution >= 0.6 is 11.3 Å². The normalized spacial score (nSPS) is 12.2. The van der Waals surface area contributed by atoms with Gasteiger partial charge in [0.05, 0.1) is 10.2 Å². The van der Waals surface area contributed by atoms with Crippen LogP contribution in [0.15, 0.2) is 29.3 Å². The van der Waals surface area contributed by atoms with Crippen LogP contribution in [0, 0.1) is 0 Å². The maximum Gasteiger partial charge on any atom is 0.341 e. The van der Waals surface area contributed by atoms with E-state index in [1.54, 1.807) is 0 Å². The molecule has 2 rings (SSSR count). The van der Waals surface area contributed by atoms with Crippen molar-refractivity contribution in [3.8, 4) is 0 Å². The number of hydrogen-bond acceptors (Lipinski definition) is 2. The van der Waals surface area contributed by atoms with Gasteiger partial charge in [0.15, 0.2) is 4.80 Å². The van der Waals surface area contributed by atoms with Gasteiger partial charge in [-0.3, -0.25) is 0 Å². The lowest BCUT2D eigenvalue weighted by Gasteiger charge is -1.92. The third-order valence-corrected chi connectivity index (χ3v) is 3.03. The zero-order valence-corrected chi connectivity index (χ0v) is 8.41. The maximum absolute atomic E-state index is 10.6. The van der Waals surface area contributed by atoms with Crippen molar-refractivity contribution in [3.05, 3.63) is 29.1 Å². The molecule has 14 heavy (non-hydrogen) atoms. The van der Waals surface area contributed by atoms with Gasteiger partial charge in [-0.2, -0.15) is 4.99 Å². The van der Waals surface area contributed by atoms with Gasteiger partial charge in [-0.1, -0.05) is 23.5 Å². The van der Waals surface area contributed by atoms with Crippen molar-refractivity contribution in [1.82, 2.24) is 4.57 Å². The van der Waals surface area contributed by atoms with Gasteiger partial charge in [0, 0.05) is 7.05 Å². The Kier molecular flexibility index (Phi) is 2.09. The SMILES string of the molecule is Cn1/c(=N/C(N)=O)sc2ccccc21. The summed E-state index contributed by atoms with van der Waals surface area (Å²) in [5.41, 5.74) is 6.06. The molecule has 2 amide bonds. The minimum Gasteiger partial charge on any atom is -0.350 e. The number of nitrogens with zero attached hydrogens (tertiary/aromatic N) is 2. The van der Waals surface area contributed by atoms with E-state index in [1.165, 1.54) is 11.3 Å². The number of thiazole rings is 1. The van der Waals surface area contributed by atoms with Gasteiger partial charge >= 0.3 is 6.03 Å². The summed E-state index contributed by atoms with van der Waals surface area (Å²) in [6, 6.07) is 7.20. The second-order valence-corrected chi connectivity index (χ2v) is 3.87. The lowest BCUT2D eigenvalue weighted by molar-refractivity contribution is 0.256. The fourth-order valence-electron chi connectivity index (χ4n) is 1.28. The van der Waals surface area contributed by atoms with Gasteiger partial charge in [0.25, 0.3) is 0 Å². The monoisotopic (exact) mass is 207 g/mol. The van der Waals surface area contributed by atoms with E-state index in [1.807, 2.05) is 35.9 Å². The average molecular weight is 207 g/mol. The zero-order valence-electron chi connectivity index (χ0n) is 7.60. The van der Waals surface area contributed by atoms with Crippen LogP contribution in [0.4, 0.5) is 4.79 Å². The summed E-state index contributed by atoms with van der Waals surface area (Å²) >= 11 is 1.45. The van der Waals surface area contributed by atoms with Gasteiger partial charge < -0.3 is 10.3 Å². The number of nitrogens with two attached hydrogens (primary N) is 1. The summed E-state index contributed by atoms with van der Waals surface area (Å²) < 4.78 is 2.94. The minimum atomic E-state index is -0.660. The lowest BCUT2D eigenvalue weighted by atomic mass is 10.3. The van der Waals surface area contributed by atoms with Crippen LogP contribution in [0.1, 0.15) is 0 Å². The van der Waals surface area contributed by atoms with E-state index >= 15 is 0 Å². The van der Waals surface area contributed by atoms with Gasteiger partial charge in [-0.05, 0) is 12.1 Å². The molecular weight excluding hydrogens is 198 g/mol. The van der Waals surface area contributed by atoms with Gasteiger partial charge in [0.2, 0.25) is 0 Å². The Balaban J connectivity index is 2.81. The summed E-state index contributed by atoms with van der Waals surface area (Å²) in [5, 5.41) is 0. The number of carbonyl (C=O) groups excluding carboxylic acids is 1.